The van der Waals surface area contributed by atoms with E-state index in [9.17, 15) is 9.59 Å². The summed E-state index contributed by atoms with van der Waals surface area (Å²) in [5.41, 5.74) is 2.07. The summed E-state index contributed by atoms with van der Waals surface area (Å²) in [6.45, 7) is 1.56. The predicted octanol–water partition coefficient (Wildman–Crippen LogP) is 4.73. The van der Waals surface area contributed by atoms with E-state index in [0.717, 1.165) is 42.3 Å². The van der Waals surface area contributed by atoms with Crippen molar-refractivity contribution in [2.75, 3.05) is 18.4 Å². The van der Waals surface area contributed by atoms with Gasteiger partial charge in [-0.1, -0.05) is 54.6 Å². The molecule has 0 atom stereocenters. The second kappa shape index (κ2) is 8.09. The fourth-order valence-corrected chi connectivity index (χ4v) is 3.60. The van der Waals surface area contributed by atoms with Gasteiger partial charge in [-0.05, 0) is 47.4 Å². The minimum atomic E-state index is -0.255. The van der Waals surface area contributed by atoms with E-state index in [1.165, 1.54) is 6.08 Å². The molecule has 1 saturated heterocycles. The minimum Gasteiger partial charge on any atom is -0.339 e. The van der Waals surface area contributed by atoms with E-state index in [4.69, 9.17) is 0 Å². The van der Waals surface area contributed by atoms with Crippen molar-refractivity contribution in [3.05, 3.63) is 83.9 Å². The monoisotopic (exact) mass is 370 g/mol. The predicted molar refractivity (Wildman–Crippen MR) is 113 cm³/mol. The first-order chi connectivity index (χ1) is 13.7. The quantitative estimate of drug-likeness (QED) is 0.675. The molecule has 0 spiro atoms. The van der Waals surface area contributed by atoms with Gasteiger partial charge >= 0.3 is 0 Å². The molecule has 1 heterocycles. The lowest BCUT2D eigenvalue weighted by Gasteiger charge is -2.17. The summed E-state index contributed by atoms with van der Waals surface area (Å²) in [5.74, 6) is -0.277. The van der Waals surface area contributed by atoms with Crippen LogP contribution in [0.4, 0.5) is 5.69 Å². The highest BCUT2D eigenvalue weighted by molar-refractivity contribution is 6.08. The number of fused-ring (bicyclic) bond motifs is 1. The number of para-hydroxylation sites is 1. The van der Waals surface area contributed by atoms with Gasteiger partial charge in [0.1, 0.15) is 0 Å². The number of nitrogens with zero attached hydrogens (tertiary/aromatic N) is 1. The fraction of sp³-hybridized carbons (Fsp3) is 0.167. The van der Waals surface area contributed by atoms with E-state index < -0.39 is 0 Å². The Morgan fingerprint density at radius 1 is 0.857 bits per heavy atom. The van der Waals surface area contributed by atoms with E-state index in [-0.39, 0.29) is 11.8 Å². The lowest BCUT2D eigenvalue weighted by molar-refractivity contribution is -0.111. The standard InChI is InChI=1S/C24H22N2O2/c27-23(15-14-19-10-7-9-18-8-1-2-11-20(18)19)25-22-13-4-3-12-21(22)24(28)26-16-5-6-17-26/h1-4,7-15H,5-6,16-17H2,(H,25,27)/b15-14-. The third-order valence-corrected chi connectivity index (χ3v) is 5.05. The molecule has 1 N–H and O–H groups in total. The first-order valence-electron chi connectivity index (χ1n) is 9.57. The van der Waals surface area contributed by atoms with Crippen LogP contribution >= 0.6 is 0 Å². The van der Waals surface area contributed by atoms with E-state index in [0.29, 0.717) is 11.3 Å². The zero-order chi connectivity index (χ0) is 19.3. The van der Waals surface area contributed by atoms with Crippen molar-refractivity contribution in [2.24, 2.45) is 0 Å². The lowest BCUT2D eigenvalue weighted by atomic mass is 10.0. The molecular weight excluding hydrogens is 348 g/mol. The van der Waals surface area contributed by atoms with Gasteiger partial charge < -0.3 is 10.2 Å². The van der Waals surface area contributed by atoms with E-state index >= 15 is 0 Å². The number of nitrogens with one attached hydrogen (secondary N) is 1. The van der Waals surface area contributed by atoms with Gasteiger partial charge in [0.05, 0.1) is 11.3 Å². The van der Waals surface area contributed by atoms with Crippen LogP contribution in [0.25, 0.3) is 16.8 Å². The Morgan fingerprint density at radius 2 is 1.57 bits per heavy atom. The average Bonchev–Trinajstić information content (AvgIpc) is 3.27. The summed E-state index contributed by atoms with van der Waals surface area (Å²) in [4.78, 5) is 27.1. The molecule has 0 bridgehead atoms. The molecule has 28 heavy (non-hydrogen) atoms. The summed E-state index contributed by atoms with van der Waals surface area (Å²) >= 11 is 0. The number of benzene rings is 3. The van der Waals surface area contributed by atoms with Crippen molar-refractivity contribution >= 4 is 34.4 Å². The number of rotatable bonds is 4. The van der Waals surface area contributed by atoms with Crippen molar-refractivity contribution < 1.29 is 9.59 Å². The van der Waals surface area contributed by atoms with Gasteiger partial charge in [-0.3, -0.25) is 9.59 Å². The number of anilines is 1. The molecule has 1 aliphatic heterocycles. The van der Waals surface area contributed by atoms with Crippen molar-refractivity contribution in [3.8, 4) is 0 Å². The van der Waals surface area contributed by atoms with Crippen LogP contribution in [0, 0.1) is 0 Å². The molecule has 2 amide bonds. The maximum absolute atomic E-state index is 12.7. The molecule has 0 aromatic heterocycles. The van der Waals surface area contributed by atoms with Crippen LogP contribution in [0.5, 0.6) is 0 Å². The number of hydrogen-bond acceptors (Lipinski definition) is 2. The number of carbonyl (C=O) groups excluding carboxylic acids is 2. The largest absolute Gasteiger partial charge is 0.339 e. The number of likely N-dealkylation sites (tertiary alicyclic amines) is 1. The van der Waals surface area contributed by atoms with Gasteiger partial charge in [0.2, 0.25) is 5.91 Å². The first-order valence-corrected chi connectivity index (χ1v) is 9.57. The maximum Gasteiger partial charge on any atom is 0.255 e. The lowest BCUT2D eigenvalue weighted by Crippen LogP contribution is -2.28. The third-order valence-electron chi connectivity index (χ3n) is 5.05. The van der Waals surface area contributed by atoms with E-state index in [2.05, 4.69) is 5.32 Å². The Morgan fingerprint density at radius 3 is 2.43 bits per heavy atom. The highest BCUT2D eigenvalue weighted by Gasteiger charge is 2.21. The van der Waals surface area contributed by atoms with Gasteiger partial charge in [0, 0.05) is 19.2 Å². The van der Waals surface area contributed by atoms with Crippen molar-refractivity contribution in [1.82, 2.24) is 4.90 Å². The molecule has 0 saturated carbocycles. The van der Waals surface area contributed by atoms with Gasteiger partial charge in [0.25, 0.3) is 5.91 Å². The summed E-state index contributed by atoms with van der Waals surface area (Å²) < 4.78 is 0. The van der Waals surface area contributed by atoms with Gasteiger partial charge in [-0.25, -0.2) is 0 Å². The average molecular weight is 370 g/mol. The van der Waals surface area contributed by atoms with E-state index in [1.54, 1.807) is 12.1 Å². The zero-order valence-corrected chi connectivity index (χ0v) is 15.6. The molecule has 0 unspecified atom stereocenters. The molecule has 1 aliphatic rings. The molecule has 4 nitrogen and oxygen atoms in total. The smallest absolute Gasteiger partial charge is 0.255 e. The van der Waals surface area contributed by atoms with E-state index in [1.807, 2.05) is 65.6 Å². The first kappa shape index (κ1) is 18.0. The van der Waals surface area contributed by atoms with Crippen LogP contribution in [0.1, 0.15) is 28.8 Å². The van der Waals surface area contributed by atoms with Crippen molar-refractivity contribution in [1.29, 1.82) is 0 Å². The fourth-order valence-electron chi connectivity index (χ4n) is 3.60. The number of carbonyl (C=O) groups is 2. The highest BCUT2D eigenvalue weighted by Crippen LogP contribution is 2.21. The Balaban J connectivity index is 1.52. The Labute approximate surface area is 164 Å². The van der Waals surface area contributed by atoms with Crippen LogP contribution in [0.2, 0.25) is 0 Å². The van der Waals surface area contributed by atoms with Crippen molar-refractivity contribution in [2.45, 2.75) is 12.8 Å². The van der Waals surface area contributed by atoms with Crippen LogP contribution < -0.4 is 5.32 Å². The molecule has 3 aromatic carbocycles. The molecular formula is C24H22N2O2. The summed E-state index contributed by atoms with van der Waals surface area (Å²) in [6, 6.07) is 21.3. The Hall–Kier alpha value is -3.40. The van der Waals surface area contributed by atoms with Crippen LogP contribution in [0.3, 0.4) is 0 Å². The van der Waals surface area contributed by atoms with Gasteiger partial charge in [-0.15, -0.1) is 0 Å². The summed E-state index contributed by atoms with van der Waals surface area (Å²) in [6.07, 6.45) is 5.39. The highest BCUT2D eigenvalue weighted by atomic mass is 16.2. The van der Waals surface area contributed by atoms with Gasteiger partial charge in [0.15, 0.2) is 0 Å². The topological polar surface area (TPSA) is 49.4 Å². The second-order valence-corrected chi connectivity index (χ2v) is 6.94. The minimum absolute atomic E-state index is 0.0218. The van der Waals surface area contributed by atoms with Crippen LogP contribution in [-0.4, -0.2) is 29.8 Å². The summed E-state index contributed by atoms with van der Waals surface area (Å²) in [7, 11) is 0. The second-order valence-electron chi connectivity index (χ2n) is 6.94. The normalized spacial score (nSPS) is 13.9. The third kappa shape index (κ3) is 3.81. The SMILES string of the molecule is O=C(/C=C\c1cccc2ccccc12)Nc1ccccc1C(=O)N1CCCC1. The number of amides is 2. The number of hydrogen-bond donors (Lipinski definition) is 1. The molecule has 3 aromatic rings. The molecule has 0 radical (unpaired) electrons. The molecule has 1 fully saturated rings. The molecule has 0 aliphatic carbocycles. The Bertz CT molecular complexity index is 1040. The maximum atomic E-state index is 12.7. The van der Waals surface area contributed by atoms with Crippen LogP contribution in [0.15, 0.2) is 72.8 Å². The molecule has 4 rings (SSSR count). The molecule has 140 valence electrons. The molecule has 4 heteroatoms. The summed E-state index contributed by atoms with van der Waals surface area (Å²) in [5, 5.41) is 5.09. The Kier molecular flexibility index (Phi) is 5.20. The van der Waals surface area contributed by atoms with Crippen molar-refractivity contribution in [3.63, 3.8) is 0 Å². The van der Waals surface area contributed by atoms with Crippen LogP contribution in [-0.2, 0) is 4.79 Å². The van der Waals surface area contributed by atoms with Gasteiger partial charge in [-0.2, -0.15) is 0 Å². The zero-order valence-electron chi connectivity index (χ0n) is 15.6.